The predicted molar refractivity (Wildman–Crippen MR) is 91.7 cm³/mol. The Labute approximate surface area is 142 Å². The van der Waals surface area contributed by atoms with E-state index in [1.54, 1.807) is 19.4 Å². The lowest BCUT2D eigenvalue weighted by molar-refractivity contribution is -0.00301. The molecule has 0 saturated carbocycles. The molecule has 1 amide bonds. The predicted octanol–water partition coefficient (Wildman–Crippen LogP) is 2.50. The Kier molecular flexibility index (Phi) is 5.20. The van der Waals surface area contributed by atoms with Crippen molar-refractivity contribution in [1.82, 2.24) is 15.1 Å². The van der Waals surface area contributed by atoms with E-state index in [0.717, 1.165) is 12.8 Å². The third kappa shape index (κ3) is 3.79. The second-order valence-electron chi connectivity index (χ2n) is 6.40. The molecule has 0 unspecified atom stereocenters. The van der Waals surface area contributed by atoms with Crippen molar-refractivity contribution in [2.24, 2.45) is 5.92 Å². The number of ether oxygens (including phenoxy) is 1. The van der Waals surface area contributed by atoms with E-state index in [2.05, 4.69) is 41.4 Å². The standard InChI is InChI=1S/C19H23N3O2/c1-14-4-3-5-15(10-14)11-17-13-22(9-7-18(17)24-2)19(23)16-6-8-20-21-12-16/h3-6,8,10,12,17-18H,7,9,11,13H2,1-2H3/t17-,18-/m1/s1. The summed E-state index contributed by atoms with van der Waals surface area (Å²) in [6.45, 7) is 3.52. The molecule has 5 heteroatoms. The molecule has 0 N–H and O–H groups in total. The minimum absolute atomic E-state index is 0.0219. The van der Waals surface area contributed by atoms with E-state index in [4.69, 9.17) is 4.74 Å². The fourth-order valence-corrected chi connectivity index (χ4v) is 3.44. The smallest absolute Gasteiger partial charge is 0.255 e. The van der Waals surface area contributed by atoms with Crippen LogP contribution in [0.4, 0.5) is 0 Å². The second-order valence-corrected chi connectivity index (χ2v) is 6.40. The van der Waals surface area contributed by atoms with E-state index in [-0.39, 0.29) is 12.0 Å². The van der Waals surface area contributed by atoms with Gasteiger partial charge in [0, 0.05) is 26.1 Å². The zero-order valence-corrected chi connectivity index (χ0v) is 14.2. The molecule has 0 radical (unpaired) electrons. The first-order valence-electron chi connectivity index (χ1n) is 8.31. The summed E-state index contributed by atoms with van der Waals surface area (Å²) in [4.78, 5) is 14.6. The van der Waals surface area contributed by atoms with Crippen molar-refractivity contribution in [3.8, 4) is 0 Å². The van der Waals surface area contributed by atoms with E-state index in [0.29, 0.717) is 24.6 Å². The third-order valence-corrected chi connectivity index (χ3v) is 4.67. The van der Waals surface area contributed by atoms with Crippen molar-refractivity contribution in [3.63, 3.8) is 0 Å². The van der Waals surface area contributed by atoms with Crippen molar-refractivity contribution < 1.29 is 9.53 Å². The average Bonchev–Trinajstić information content (AvgIpc) is 2.62. The van der Waals surface area contributed by atoms with Crippen LogP contribution in [0.5, 0.6) is 0 Å². The van der Waals surface area contributed by atoms with E-state index in [1.165, 1.54) is 17.3 Å². The lowest BCUT2D eigenvalue weighted by Gasteiger charge is -2.38. The van der Waals surface area contributed by atoms with Crippen LogP contribution in [0.3, 0.4) is 0 Å². The fraction of sp³-hybridized carbons (Fsp3) is 0.421. The molecule has 3 rings (SSSR count). The molecule has 1 aliphatic heterocycles. The zero-order chi connectivity index (χ0) is 16.9. The monoisotopic (exact) mass is 325 g/mol. The molecule has 1 saturated heterocycles. The Morgan fingerprint density at radius 2 is 2.21 bits per heavy atom. The number of carbonyl (C=O) groups is 1. The highest BCUT2D eigenvalue weighted by molar-refractivity contribution is 5.93. The molecule has 0 spiro atoms. The third-order valence-electron chi connectivity index (χ3n) is 4.67. The first-order valence-corrected chi connectivity index (χ1v) is 8.31. The lowest BCUT2D eigenvalue weighted by atomic mass is 9.88. The Morgan fingerprint density at radius 3 is 2.92 bits per heavy atom. The largest absolute Gasteiger partial charge is 0.381 e. The van der Waals surface area contributed by atoms with Crippen molar-refractivity contribution in [3.05, 3.63) is 59.4 Å². The van der Waals surface area contributed by atoms with Crippen molar-refractivity contribution >= 4 is 5.91 Å². The maximum atomic E-state index is 12.7. The van der Waals surface area contributed by atoms with Crippen LogP contribution in [-0.2, 0) is 11.2 Å². The molecule has 2 aromatic rings. The van der Waals surface area contributed by atoms with Gasteiger partial charge in [-0.05, 0) is 31.4 Å². The number of piperidine rings is 1. The summed E-state index contributed by atoms with van der Waals surface area (Å²) < 4.78 is 5.68. The highest BCUT2D eigenvalue weighted by Gasteiger charge is 2.32. The van der Waals surface area contributed by atoms with Crippen LogP contribution in [0, 0.1) is 12.8 Å². The van der Waals surface area contributed by atoms with Crippen molar-refractivity contribution in [2.75, 3.05) is 20.2 Å². The molecule has 2 heterocycles. The molecule has 5 nitrogen and oxygen atoms in total. The van der Waals surface area contributed by atoms with Gasteiger partial charge in [0.2, 0.25) is 0 Å². The van der Waals surface area contributed by atoms with Gasteiger partial charge in [-0.25, -0.2) is 0 Å². The number of carbonyl (C=O) groups excluding carboxylic acids is 1. The van der Waals surface area contributed by atoms with Gasteiger partial charge >= 0.3 is 0 Å². The van der Waals surface area contributed by atoms with Crippen LogP contribution in [0.1, 0.15) is 27.9 Å². The number of likely N-dealkylation sites (tertiary alicyclic amines) is 1. The summed E-state index contributed by atoms with van der Waals surface area (Å²) in [6, 6.07) is 10.3. The van der Waals surface area contributed by atoms with Gasteiger partial charge in [-0.1, -0.05) is 29.8 Å². The van der Waals surface area contributed by atoms with Gasteiger partial charge in [0.05, 0.1) is 24.1 Å². The summed E-state index contributed by atoms with van der Waals surface area (Å²) in [6.07, 6.45) is 5.04. The van der Waals surface area contributed by atoms with E-state index in [1.807, 2.05) is 4.90 Å². The molecule has 1 aliphatic rings. The van der Waals surface area contributed by atoms with Gasteiger partial charge < -0.3 is 9.64 Å². The Morgan fingerprint density at radius 1 is 1.33 bits per heavy atom. The summed E-state index contributed by atoms with van der Waals surface area (Å²) >= 11 is 0. The highest BCUT2D eigenvalue weighted by Crippen LogP contribution is 2.25. The van der Waals surface area contributed by atoms with Crippen LogP contribution in [-0.4, -0.2) is 47.3 Å². The molecule has 1 aromatic carbocycles. The maximum absolute atomic E-state index is 12.7. The summed E-state index contributed by atoms with van der Waals surface area (Å²) in [5, 5.41) is 7.54. The van der Waals surface area contributed by atoms with Crippen LogP contribution >= 0.6 is 0 Å². The molecule has 1 aromatic heterocycles. The topological polar surface area (TPSA) is 55.3 Å². The molecule has 0 bridgehead atoms. The van der Waals surface area contributed by atoms with Gasteiger partial charge in [0.25, 0.3) is 5.91 Å². The summed E-state index contributed by atoms with van der Waals surface area (Å²) in [7, 11) is 1.76. The minimum atomic E-state index is 0.0219. The molecule has 1 fully saturated rings. The fourth-order valence-electron chi connectivity index (χ4n) is 3.44. The first kappa shape index (κ1) is 16.6. The Balaban J connectivity index is 1.73. The quantitative estimate of drug-likeness (QED) is 0.867. The Bertz CT molecular complexity index is 690. The number of amides is 1. The highest BCUT2D eigenvalue weighted by atomic mass is 16.5. The van der Waals surface area contributed by atoms with Crippen LogP contribution < -0.4 is 0 Å². The number of aryl methyl sites for hydroxylation is 1. The van der Waals surface area contributed by atoms with Gasteiger partial charge in [0.15, 0.2) is 0 Å². The van der Waals surface area contributed by atoms with Gasteiger partial charge in [-0.3, -0.25) is 4.79 Å². The molecular formula is C19H23N3O2. The SMILES string of the molecule is CO[C@@H]1CCN(C(=O)c2ccnnc2)C[C@H]1Cc1cccc(C)c1. The minimum Gasteiger partial charge on any atom is -0.381 e. The summed E-state index contributed by atoms with van der Waals surface area (Å²) in [5.41, 5.74) is 3.14. The number of hydrogen-bond donors (Lipinski definition) is 0. The van der Waals surface area contributed by atoms with Crippen LogP contribution in [0.25, 0.3) is 0 Å². The number of methoxy groups -OCH3 is 1. The first-order chi connectivity index (χ1) is 11.7. The molecule has 24 heavy (non-hydrogen) atoms. The molecule has 2 atom stereocenters. The molecular weight excluding hydrogens is 302 g/mol. The zero-order valence-electron chi connectivity index (χ0n) is 14.2. The number of rotatable bonds is 4. The molecule has 126 valence electrons. The number of benzene rings is 1. The van der Waals surface area contributed by atoms with Crippen molar-refractivity contribution in [1.29, 1.82) is 0 Å². The number of aromatic nitrogens is 2. The second kappa shape index (κ2) is 7.53. The van der Waals surface area contributed by atoms with E-state index < -0.39 is 0 Å². The average molecular weight is 325 g/mol. The lowest BCUT2D eigenvalue weighted by Crippen LogP contribution is -2.47. The van der Waals surface area contributed by atoms with E-state index in [9.17, 15) is 4.79 Å². The number of hydrogen-bond acceptors (Lipinski definition) is 4. The van der Waals surface area contributed by atoms with Crippen LogP contribution in [0.2, 0.25) is 0 Å². The van der Waals surface area contributed by atoms with Gasteiger partial charge in [-0.2, -0.15) is 10.2 Å². The van der Waals surface area contributed by atoms with Gasteiger partial charge in [0.1, 0.15) is 0 Å². The normalized spacial score (nSPS) is 20.8. The van der Waals surface area contributed by atoms with Crippen molar-refractivity contribution in [2.45, 2.75) is 25.9 Å². The van der Waals surface area contributed by atoms with Crippen LogP contribution in [0.15, 0.2) is 42.7 Å². The van der Waals surface area contributed by atoms with Gasteiger partial charge in [-0.15, -0.1) is 0 Å². The number of nitrogens with zero attached hydrogens (tertiary/aromatic N) is 3. The summed E-state index contributed by atoms with van der Waals surface area (Å²) in [5.74, 6) is 0.318. The maximum Gasteiger partial charge on any atom is 0.255 e. The Hall–Kier alpha value is -2.27. The molecule has 0 aliphatic carbocycles. The van der Waals surface area contributed by atoms with E-state index >= 15 is 0 Å².